The monoisotopic (exact) mass is 338 g/mol. The van der Waals surface area contributed by atoms with E-state index in [1.54, 1.807) is 24.1 Å². The zero-order valence-electron chi connectivity index (χ0n) is 12.4. The number of halogens is 2. The lowest BCUT2D eigenvalue weighted by Crippen LogP contribution is -2.37. The van der Waals surface area contributed by atoms with Crippen molar-refractivity contribution < 1.29 is 14.0 Å². The van der Waals surface area contributed by atoms with Gasteiger partial charge < -0.3 is 11.1 Å². The van der Waals surface area contributed by atoms with Gasteiger partial charge in [0, 0.05) is 19.8 Å². The van der Waals surface area contributed by atoms with E-state index in [-0.39, 0.29) is 17.1 Å². The quantitative estimate of drug-likeness (QED) is 0.831. The number of hydrogen-bond donors (Lipinski definition) is 2. The number of rotatable bonds is 6. The first-order valence-electron chi connectivity index (χ1n) is 6.87. The van der Waals surface area contributed by atoms with Gasteiger partial charge in [0.25, 0.3) is 5.91 Å². The summed E-state index contributed by atoms with van der Waals surface area (Å²) in [5.74, 6) is -2.62. The normalized spacial score (nSPS) is 12.0. The average molecular weight is 339 g/mol. The Labute approximate surface area is 137 Å². The molecule has 0 radical (unpaired) electrons. The van der Waals surface area contributed by atoms with Crippen molar-refractivity contribution in [3.8, 4) is 0 Å². The Morgan fingerprint density at radius 3 is 2.83 bits per heavy atom. The summed E-state index contributed by atoms with van der Waals surface area (Å²) in [6.45, 7) is -0.00495. The number of carbonyl (C=O) groups is 2. The van der Waals surface area contributed by atoms with Crippen molar-refractivity contribution in [1.82, 2.24) is 15.1 Å². The zero-order valence-corrected chi connectivity index (χ0v) is 13.2. The van der Waals surface area contributed by atoms with E-state index in [0.29, 0.717) is 6.42 Å². The third kappa shape index (κ3) is 4.29. The molecule has 1 atom stereocenters. The molecule has 0 bridgehead atoms. The molecule has 122 valence electrons. The molecule has 1 aromatic carbocycles. The van der Waals surface area contributed by atoms with Crippen LogP contribution in [0.2, 0.25) is 5.02 Å². The summed E-state index contributed by atoms with van der Waals surface area (Å²) in [7, 11) is 1.76. The molecule has 0 unspecified atom stereocenters. The van der Waals surface area contributed by atoms with Gasteiger partial charge in [-0.15, -0.1) is 0 Å². The molecule has 2 aromatic rings. The Bertz CT molecular complexity index is 732. The predicted octanol–water partition coefficient (Wildman–Crippen LogP) is 1.29. The fourth-order valence-corrected chi connectivity index (χ4v) is 2.30. The molecule has 8 heteroatoms. The largest absolute Gasteiger partial charge is 0.369 e. The molecule has 23 heavy (non-hydrogen) atoms. The van der Waals surface area contributed by atoms with Crippen molar-refractivity contribution in [2.24, 2.45) is 18.7 Å². The standard InChI is InChI=1S/C15H16ClFN4O2/c1-21-8-9(6-20-21)5-10(14(18)22)7-19-15(23)11-3-2-4-12(16)13(11)17/h2-4,6,8,10H,5,7H2,1H3,(H2,18,22)(H,19,23)/t10-/m0/s1. The SMILES string of the molecule is Cn1cc(C[C@@H](CNC(=O)c2cccc(Cl)c2F)C(N)=O)cn1. The van der Waals surface area contributed by atoms with Crippen molar-refractivity contribution in [2.75, 3.05) is 6.54 Å². The summed E-state index contributed by atoms with van der Waals surface area (Å²) in [6, 6.07) is 4.14. The van der Waals surface area contributed by atoms with E-state index in [0.717, 1.165) is 5.56 Å². The molecule has 6 nitrogen and oxygen atoms in total. The van der Waals surface area contributed by atoms with Crippen molar-refractivity contribution in [2.45, 2.75) is 6.42 Å². The summed E-state index contributed by atoms with van der Waals surface area (Å²) < 4.78 is 15.4. The Morgan fingerprint density at radius 2 is 2.22 bits per heavy atom. The first-order chi connectivity index (χ1) is 10.9. The van der Waals surface area contributed by atoms with Gasteiger partial charge in [0.05, 0.1) is 22.7 Å². The van der Waals surface area contributed by atoms with Crippen LogP contribution in [0.5, 0.6) is 0 Å². The van der Waals surface area contributed by atoms with Crippen LogP contribution in [0.4, 0.5) is 4.39 Å². The number of nitrogens with zero attached hydrogens (tertiary/aromatic N) is 2. The lowest BCUT2D eigenvalue weighted by atomic mass is 10.0. The second kappa shape index (κ2) is 7.23. The van der Waals surface area contributed by atoms with Crippen molar-refractivity contribution >= 4 is 23.4 Å². The highest BCUT2D eigenvalue weighted by Crippen LogP contribution is 2.17. The van der Waals surface area contributed by atoms with Crippen molar-refractivity contribution in [1.29, 1.82) is 0 Å². The number of nitrogens with two attached hydrogens (primary N) is 1. The predicted molar refractivity (Wildman–Crippen MR) is 83.3 cm³/mol. The molecule has 0 saturated heterocycles. The highest BCUT2D eigenvalue weighted by Gasteiger charge is 2.20. The topological polar surface area (TPSA) is 90.0 Å². The molecule has 0 aliphatic heterocycles. The second-order valence-electron chi connectivity index (χ2n) is 5.14. The lowest BCUT2D eigenvalue weighted by molar-refractivity contribution is -0.121. The Morgan fingerprint density at radius 1 is 1.48 bits per heavy atom. The summed E-state index contributed by atoms with van der Waals surface area (Å²) >= 11 is 5.64. The molecule has 0 fully saturated rings. The van der Waals surface area contributed by atoms with Gasteiger partial charge in [-0.25, -0.2) is 4.39 Å². The van der Waals surface area contributed by atoms with Crippen LogP contribution < -0.4 is 11.1 Å². The molecule has 0 aliphatic carbocycles. The molecule has 0 saturated carbocycles. The molecule has 1 heterocycles. The molecule has 3 N–H and O–H groups in total. The van der Waals surface area contributed by atoms with E-state index < -0.39 is 23.5 Å². The van der Waals surface area contributed by atoms with Gasteiger partial charge in [0.1, 0.15) is 0 Å². The molecule has 1 aromatic heterocycles. The third-order valence-corrected chi connectivity index (χ3v) is 3.64. The molecule has 0 aliphatic rings. The Kier molecular flexibility index (Phi) is 5.33. The number of carbonyl (C=O) groups excluding carboxylic acids is 2. The third-order valence-electron chi connectivity index (χ3n) is 3.35. The fraction of sp³-hybridized carbons (Fsp3) is 0.267. The first kappa shape index (κ1) is 17.0. The van der Waals surface area contributed by atoms with Crippen LogP contribution in [-0.4, -0.2) is 28.1 Å². The van der Waals surface area contributed by atoms with Crippen LogP contribution in [0.25, 0.3) is 0 Å². The van der Waals surface area contributed by atoms with E-state index in [1.165, 1.54) is 18.2 Å². The summed E-state index contributed by atoms with van der Waals surface area (Å²) in [5, 5.41) is 6.38. The fourth-order valence-electron chi connectivity index (χ4n) is 2.13. The van der Waals surface area contributed by atoms with Crippen LogP contribution in [0.3, 0.4) is 0 Å². The van der Waals surface area contributed by atoms with E-state index in [2.05, 4.69) is 10.4 Å². The smallest absolute Gasteiger partial charge is 0.254 e. The highest BCUT2D eigenvalue weighted by atomic mass is 35.5. The van der Waals surface area contributed by atoms with Crippen LogP contribution >= 0.6 is 11.6 Å². The van der Waals surface area contributed by atoms with Gasteiger partial charge in [0.15, 0.2) is 5.82 Å². The number of aryl methyl sites for hydroxylation is 1. The van der Waals surface area contributed by atoms with Gasteiger partial charge in [-0.05, 0) is 24.1 Å². The Balaban J connectivity index is 2.02. The van der Waals surface area contributed by atoms with Gasteiger partial charge >= 0.3 is 0 Å². The zero-order chi connectivity index (χ0) is 17.0. The van der Waals surface area contributed by atoms with Crippen LogP contribution in [-0.2, 0) is 18.3 Å². The number of primary amides is 1. The maximum absolute atomic E-state index is 13.8. The van der Waals surface area contributed by atoms with Crippen LogP contribution in [0, 0.1) is 11.7 Å². The van der Waals surface area contributed by atoms with E-state index in [1.807, 2.05) is 0 Å². The summed E-state index contributed by atoms with van der Waals surface area (Å²) in [5.41, 5.74) is 6.00. The number of aromatic nitrogens is 2. The van der Waals surface area contributed by atoms with E-state index in [9.17, 15) is 14.0 Å². The Hall–Kier alpha value is -2.41. The molecular formula is C15H16ClFN4O2. The minimum Gasteiger partial charge on any atom is -0.369 e. The van der Waals surface area contributed by atoms with Crippen LogP contribution in [0.15, 0.2) is 30.6 Å². The maximum Gasteiger partial charge on any atom is 0.254 e. The molecular weight excluding hydrogens is 323 g/mol. The minimum absolute atomic E-state index is 0.00495. The van der Waals surface area contributed by atoms with Gasteiger partial charge in [-0.1, -0.05) is 17.7 Å². The lowest BCUT2D eigenvalue weighted by Gasteiger charge is -2.14. The second-order valence-corrected chi connectivity index (χ2v) is 5.54. The number of amides is 2. The molecule has 2 rings (SSSR count). The maximum atomic E-state index is 13.8. The highest BCUT2D eigenvalue weighted by molar-refractivity contribution is 6.31. The van der Waals surface area contributed by atoms with Crippen LogP contribution in [0.1, 0.15) is 15.9 Å². The van der Waals surface area contributed by atoms with E-state index in [4.69, 9.17) is 17.3 Å². The summed E-state index contributed by atoms with van der Waals surface area (Å²) in [6.07, 6.45) is 3.71. The molecule has 2 amide bonds. The van der Waals surface area contributed by atoms with E-state index >= 15 is 0 Å². The average Bonchev–Trinajstić information content (AvgIpc) is 2.91. The number of hydrogen-bond acceptors (Lipinski definition) is 3. The van der Waals surface area contributed by atoms with Gasteiger partial charge in [-0.2, -0.15) is 5.10 Å². The number of benzene rings is 1. The minimum atomic E-state index is -0.797. The molecule has 0 spiro atoms. The van der Waals surface area contributed by atoms with Crippen molar-refractivity contribution in [3.63, 3.8) is 0 Å². The summed E-state index contributed by atoms with van der Waals surface area (Å²) in [4.78, 5) is 23.6. The van der Waals surface area contributed by atoms with Gasteiger partial charge in [0.2, 0.25) is 5.91 Å². The first-order valence-corrected chi connectivity index (χ1v) is 7.25. The number of nitrogens with one attached hydrogen (secondary N) is 1. The van der Waals surface area contributed by atoms with Gasteiger partial charge in [-0.3, -0.25) is 14.3 Å². The van der Waals surface area contributed by atoms with Crippen molar-refractivity contribution in [3.05, 3.63) is 52.6 Å².